The predicted molar refractivity (Wildman–Crippen MR) is 112 cm³/mol. The van der Waals surface area contributed by atoms with Crippen molar-refractivity contribution in [1.82, 2.24) is 9.97 Å². The van der Waals surface area contributed by atoms with Gasteiger partial charge in [-0.15, -0.1) is 0 Å². The Morgan fingerprint density at radius 3 is 1.86 bits per heavy atom. The molecule has 4 aromatic rings. The van der Waals surface area contributed by atoms with Crippen LogP contribution in [0.1, 0.15) is 5.56 Å². The molecule has 0 spiro atoms. The molecule has 0 atom stereocenters. The highest BCUT2D eigenvalue weighted by Crippen LogP contribution is 2.31. The van der Waals surface area contributed by atoms with Crippen LogP contribution in [-0.2, 0) is 9.84 Å². The SMILES string of the molecule is O=S(=O)(/C=C\c1ccccc1)c1nc(-c2ccccc2)c(-c2ccccc2)[nH]1. The van der Waals surface area contributed by atoms with Gasteiger partial charge in [-0.25, -0.2) is 13.4 Å². The molecule has 4 nitrogen and oxygen atoms in total. The zero-order chi connectivity index (χ0) is 19.4. The number of H-pyrrole nitrogens is 1. The van der Waals surface area contributed by atoms with Crippen molar-refractivity contribution < 1.29 is 8.42 Å². The van der Waals surface area contributed by atoms with Crippen molar-refractivity contribution in [2.75, 3.05) is 0 Å². The Morgan fingerprint density at radius 1 is 0.714 bits per heavy atom. The van der Waals surface area contributed by atoms with Gasteiger partial charge in [0.15, 0.2) is 0 Å². The summed E-state index contributed by atoms with van der Waals surface area (Å²) in [5.74, 6) is 0. The maximum atomic E-state index is 12.9. The molecule has 1 heterocycles. The minimum atomic E-state index is -3.72. The number of imidazole rings is 1. The second-order valence-corrected chi connectivity index (χ2v) is 8.00. The minimum Gasteiger partial charge on any atom is -0.328 e. The van der Waals surface area contributed by atoms with Crippen molar-refractivity contribution in [2.45, 2.75) is 5.16 Å². The quantitative estimate of drug-likeness (QED) is 0.513. The number of hydrogen-bond acceptors (Lipinski definition) is 3. The molecule has 0 bridgehead atoms. The van der Waals surface area contributed by atoms with Crippen LogP contribution in [0.3, 0.4) is 0 Å². The summed E-state index contributed by atoms with van der Waals surface area (Å²) >= 11 is 0. The lowest BCUT2D eigenvalue weighted by atomic mass is 10.1. The van der Waals surface area contributed by atoms with Crippen LogP contribution in [0.4, 0.5) is 0 Å². The maximum absolute atomic E-state index is 12.9. The monoisotopic (exact) mass is 386 g/mol. The van der Waals surface area contributed by atoms with Gasteiger partial charge in [-0.3, -0.25) is 0 Å². The molecule has 28 heavy (non-hydrogen) atoms. The molecule has 1 aromatic heterocycles. The van der Waals surface area contributed by atoms with Gasteiger partial charge >= 0.3 is 0 Å². The Kier molecular flexibility index (Phi) is 4.91. The smallest absolute Gasteiger partial charge is 0.233 e. The summed E-state index contributed by atoms with van der Waals surface area (Å²) in [4.78, 5) is 7.47. The summed E-state index contributed by atoms with van der Waals surface area (Å²) in [5.41, 5.74) is 3.83. The Labute approximate surface area is 164 Å². The average Bonchev–Trinajstić information content (AvgIpc) is 3.21. The fourth-order valence-electron chi connectivity index (χ4n) is 2.90. The highest BCUT2D eigenvalue weighted by atomic mass is 32.2. The molecule has 0 saturated heterocycles. The van der Waals surface area contributed by atoms with Crippen LogP contribution in [0.5, 0.6) is 0 Å². The van der Waals surface area contributed by atoms with Crippen LogP contribution in [0.25, 0.3) is 28.6 Å². The van der Waals surface area contributed by atoms with E-state index in [-0.39, 0.29) is 5.16 Å². The lowest BCUT2D eigenvalue weighted by Crippen LogP contribution is -1.98. The number of aromatic nitrogens is 2. The Balaban J connectivity index is 1.80. The van der Waals surface area contributed by atoms with E-state index in [1.54, 1.807) is 6.08 Å². The van der Waals surface area contributed by atoms with Gasteiger partial charge in [0.2, 0.25) is 15.0 Å². The van der Waals surface area contributed by atoms with Crippen LogP contribution < -0.4 is 0 Å². The fourth-order valence-corrected chi connectivity index (χ4v) is 3.83. The first-order chi connectivity index (χ1) is 13.6. The summed E-state index contributed by atoms with van der Waals surface area (Å²) in [6, 6.07) is 28.5. The molecular formula is C23H18N2O2S. The van der Waals surface area contributed by atoms with Crippen molar-refractivity contribution in [3.8, 4) is 22.5 Å². The summed E-state index contributed by atoms with van der Waals surface area (Å²) < 4.78 is 25.7. The number of aromatic amines is 1. The zero-order valence-corrected chi connectivity index (χ0v) is 15.8. The first-order valence-electron chi connectivity index (χ1n) is 8.82. The Bertz CT molecular complexity index is 1140. The molecule has 138 valence electrons. The van der Waals surface area contributed by atoms with Crippen molar-refractivity contribution in [3.63, 3.8) is 0 Å². The molecule has 0 unspecified atom stereocenters. The van der Waals surface area contributed by atoms with Gasteiger partial charge in [-0.2, -0.15) is 0 Å². The third-order valence-electron chi connectivity index (χ3n) is 4.30. The van der Waals surface area contributed by atoms with E-state index < -0.39 is 9.84 Å². The third-order valence-corrected chi connectivity index (χ3v) is 5.53. The van der Waals surface area contributed by atoms with Crippen LogP contribution in [0.2, 0.25) is 0 Å². The molecule has 0 aliphatic rings. The summed E-state index contributed by atoms with van der Waals surface area (Å²) in [7, 11) is -3.72. The summed E-state index contributed by atoms with van der Waals surface area (Å²) in [6.07, 6.45) is 1.57. The molecule has 0 fully saturated rings. The lowest BCUT2D eigenvalue weighted by molar-refractivity contribution is 0.598. The van der Waals surface area contributed by atoms with E-state index in [4.69, 9.17) is 0 Å². The van der Waals surface area contributed by atoms with Crippen molar-refractivity contribution >= 4 is 15.9 Å². The second kappa shape index (κ2) is 7.66. The maximum Gasteiger partial charge on any atom is 0.233 e. The molecule has 0 radical (unpaired) electrons. The predicted octanol–water partition coefficient (Wildman–Crippen LogP) is 5.19. The summed E-state index contributed by atoms with van der Waals surface area (Å²) in [5, 5.41) is 1.11. The first kappa shape index (κ1) is 17.9. The van der Waals surface area contributed by atoms with Crippen molar-refractivity contribution in [1.29, 1.82) is 0 Å². The molecule has 0 aliphatic carbocycles. The number of nitrogens with one attached hydrogen (secondary N) is 1. The van der Waals surface area contributed by atoms with Gasteiger partial charge in [-0.1, -0.05) is 91.0 Å². The standard InChI is InChI=1S/C23H18N2O2S/c26-28(27,17-16-18-10-4-1-5-11-18)23-24-21(19-12-6-2-7-13-19)22(25-23)20-14-8-3-9-15-20/h1-17H,(H,24,25)/b17-16-. The molecule has 3 aromatic carbocycles. The number of sulfone groups is 1. The van der Waals surface area contributed by atoms with Gasteiger partial charge in [0.1, 0.15) is 0 Å². The van der Waals surface area contributed by atoms with Gasteiger partial charge in [0, 0.05) is 16.5 Å². The zero-order valence-electron chi connectivity index (χ0n) is 15.0. The van der Waals surface area contributed by atoms with Crippen molar-refractivity contribution in [3.05, 3.63) is 102 Å². The number of rotatable bonds is 5. The summed E-state index contributed by atoms with van der Waals surface area (Å²) in [6.45, 7) is 0. The molecule has 4 rings (SSSR count). The van der Waals surface area contributed by atoms with E-state index in [2.05, 4.69) is 9.97 Å². The molecular weight excluding hydrogens is 368 g/mol. The molecule has 0 amide bonds. The average molecular weight is 386 g/mol. The van der Waals surface area contributed by atoms with E-state index in [1.165, 1.54) is 5.41 Å². The van der Waals surface area contributed by atoms with E-state index in [0.717, 1.165) is 16.7 Å². The van der Waals surface area contributed by atoms with Crippen LogP contribution in [-0.4, -0.2) is 18.4 Å². The van der Waals surface area contributed by atoms with E-state index in [9.17, 15) is 8.42 Å². The van der Waals surface area contributed by atoms with Crippen molar-refractivity contribution in [2.24, 2.45) is 0 Å². The van der Waals surface area contributed by atoms with Gasteiger partial charge < -0.3 is 4.98 Å². The van der Waals surface area contributed by atoms with E-state index in [1.807, 2.05) is 91.0 Å². The molecule has 0 saturated carbocycles. The number of benzene rings is 3. The van der Waals surface area contributed by atoms with E-state index in [0.29, 0.717) is 11.4 Å². The molecule has 5 heteroatoms. The minimum absolute atomic E-state index is 0.0719. The second-order valence-electron chi connectivity index (χ2n) is 6.26. The van der Waals surface area contributed by atoms with Gasteiger partial charge in [-0.05, 0) is 11.6 Å². The number of hydrogen-bond donors (Lipinski definition) is 1. The normalized spacial score (nSPS) is 11.7. The Morgan fingerprint density at radius 2 is 1.25 bits per heavy atom. The van der Waals surface area contributed by atoms with Crippen LogP contribution >= 0.6 is 0 Å². The van der Waals surface area contributed by atoms with Gasteiger partial charge in [0.25, 0.3) is 0 Å². The molecule has 0 aliphatic heterocycles. The molecule has 1 N–H and O–H groups in total. The lowest BCUT2D eigenvalue weighted by Gasteiger charge is -2.02. The third kappa shape index (κ3) is 3.80. The fraction of sp³-hybridized carbons (Fsp3) is 0. The highest BCUT2D eigenvalue weighted by molar-refractivity contribution is 7.94. The van der Waals surface area contributed by atoms with Crippen LogP contribution in [0.15, 0.2) is 102 Å². The van der Waals surface area contributed by atoms with Crippen LogP contribution in [0, 0.1) is 0 Å². The first-order valence-corrected chi connectivity index (χ1v) is 10.4. The Hall–Kier alpha value is -3.44. The largest absolute Gasteiger partial charge is 0.328 e. The topological polar surface area (TPSA) is 62.8 Å². The van der Waals surface area contributed by atoms with E-state index >= 15 is 0 Å². The van der Waals surface area contributed by atoms with Gasteiger partial charge in [0.05, 0.1) is 11.4 Å². The number of nitrogens with zero attached hydrogens (tertiary/aromatic N) is 1. The highest BCUT2D eigenvalue weighted by Gasteiger charge is 2.21.